The average molecular weight is 312 g/mol. The van der Waals surface area contributed by atoms with Crippen LogP contribution in [0.15, 0.2) is 35.5 Å². The highest BCUT2D eigenvalue weighted by atomic mass is 32.2. The predicted molar refractivity (Wildman–Crippen MR) is 76.4 cm³/mol. The summed E-state index contributed by atoms with van der Waals surface area (Å²) in [5, 5.41) is 6.84. The molecule has 0 bridgehead atoms. The largest absolute Gasteiger partial charge is 0.316 e. The third-order valence-corrected chi connectivity index (χ3v) is 4.31. The fourth-order valence-corrected chi connectivity index (χ4v) is 3.03. The molecule has 2 aromatic rings. The van der Waals surface area contributed by atoms with Crippen molar-refractivity contribution in [3.8, 4) is 0 Å². The number of aryl methyl sites for hydroxylation is 1. The van der Waals surface area contributed by atoms with Gasteiger partial charge in [-0.15, -0.1) is 0 Å². The molecule has 8 heteroatoms. The maximum atomic E-state index is 13.8. The Balaban J connectivity index is 2.20. The minimum Gasteiger partial charge on any atom is -0.316 e. The lowest BCUT2D eigenvalue weighted by atomic mass is 10.2. The maximum Gasteiger partial charge on any atom is 0.243 e. The Kier molecular flexibility index (Phi) is 4.71. The van der Waals surface area contributed by atoms with E-state index in [-0.39, 0.29) is 11.4 Å². The fourth-order valence-electron chi connectivity index (χ4n) is 1.89. The summed E-state index contributed by atoms with van der Waals surface area (Å²) in [6.07, 6.45) is 3.24. The second-order valence-corrected chi connectivity index (χ2v) is 6.38. The zero-order chi connectivity index (χ0) is 15.5. The van der Waals surface area contributed by atoms with Gasteiger partial charge in [-0.2, -0.15) is 5.10 Å². The van der Waals surface area contributed by atoms with Crippen LogP contribution in [0.5, 0.6) is 0 Å². The van der Waals surface area contributed by atoms with Gasteiger partial charge >= 0.3 is 0 Å². The van der Waals surface area contributed by atoms with E-state index >= 15 is 0 Å². The number of sulfonamides is 1. The van der Waals surface area contributed by atoms with Gasteiger partial charge in [-0.1, -0.05) is 6.07 Å². The number of benzene rings is 1. The quantitative estimate of drug-likeness (QED) is 0.825. The average Bonchev–Trinajstić information content (AvgIpc) is 2.85. The molecule has 0 aliphatic heterocycles. The van der Waals surface area contributed by atoms with E-state index in [0.717, 1.165) is 6.07 Å². The number of rotatable bonds is 6. The van der Waals surface area contributed by atoms with Gasteiger partial charge in [-0.25, -0.2) is 17.5 Å². The van der Waals surface area contributed by atoms with Crippen LogP contribution in [0.25, 0.3) is 0 Å². The number of halogens is 1. The van der Waals surface area contributed by atoms with Gasteiger partial charge in [-0.05, 0) is 24.7 Å². The summed E-state index contributed by atoms with van der Waals surface area (Å²) in [6.45, 7) is 0.525. The van der Waals surface area contributed by atoms with Crippen molar-refractivity contribution in [2.75, 3.05) is 7.05 Å². The van der Waals surface area contributed by atoms with Gasteiger partial charge in [0.1, 0.15) is 10.7 Å². The van der Waals surface area contributed by atoms with E-state index in [9.17, 15) is 12.8 Å². The highest BCUT2D eigenvalue weighted by molar-refractivity contribution is 7.89. The first-order valence-corrected chi connectivity index (χ1v) is 7.81. The van der Waals surface area contributed by atoms with E-state index in [1.165, 1.54) is 6.07 Å². The summed E-state index contributed by atoms with van der Waals surface area (Å²) in [5.74, 6) is -0.770. The first-order valence-electron chi connectivity index (χ1n) is 6.32. The molecule has 0 fully saturated rings. The van der Waals surface area contributed by atoms with E-state index in [2.05, 4.69) is 15.1 Å². The predicted octanol–water partition coefficient (Wildman–Crippen LogP) is 0.757. The lowest BCUT2D eigenvalue weighted by molar-refractivity contribution is 0.555. The molecule has 0 unspecified atom stereocenters. The second-order valence-electron chi connectivity index (χ2n) is 4.64. The van der Waals surface area contributed by atoms with E-state index in [1.54, 1.807) is 37.2 Å². The van der Waals surface area contributed by atoms with Crippen molar-refractivity contribution in [2.24, 2.45) is 7.05 Å². The smallest absolute Gasteiger partial charge is 0.243 e. The van der Waals surface area contributed by atoms with Crippen molar-refractivity contribution in [1.82, 2.24) is 19.8 Å². The van der Waals surface area contributed by atoms with E-state index in [1.807, 2.05) is 0 Å². The molecule has 6 nitrogen and oxygen atoms in total. The van der Waals surface area contributed by atoms with Crippen LogP contribution >= 0.6 is 0 Å². The number of nitrogens with one attached hydrogen (secondary N) is 2. The van der Waals surface area contributed by atoms with Crippen LogP contribution in [-0.2, 0) is 30.2 Å². The minimum absolute atomic E-state index is 0.0614. The van der Waals surface area contributed by atoms with Gasteiger partial charge in [0.2, 0.25) is 10.0 Å². The Labute approximate surface area is 123 Å². The number of hydrogen-bond acceptors (Lipinski definition) is 4. The molecule has 0 aliphatic carbocycles. The van der Waals surface area contributed by atoms with E-state index in [0.29, 0.717) is 17.7 Å². The molecule has 0 spiro atoms. The summed E-state index contributed by atoms with van der Waals surface area (Å²) in [6, 6.07) is 4.04. The molecular weight excluding hydrogens is 295 g/mol. The van der Waals surface area contributed by atoms with Crippen LogP contribution in [0.3, 0.4) is 0 Å². The van der Waals surface area contributed by atoms with Crippen LogP contribution in [0.2, 0.25) is 0 Å². The summed E-state index contributed by atoms with van der Waals surface area (Å²) in [4.78, 5) is -0.348. The summed E-state index contributed by atoms with van der Waals surface area (Å²) in [5.41, 5.74) is 1.40. The van der Waals surface area contributed by atoms with Gasteiger partial charge in [0.25, 0.3) is 0 Å². The van der Waals surface area contributed by atoms with Crippen molar-refractivity contribution in [3.63, 3.8) is 0 Å². The molecule has 2 rings (SSSR count). The third kappa shape index (κ3) is 3.87. The van der Waals surface area contributed by atoms with Crippen molar-refractivity contribution in [1.29, 1.82) is 0 Å². The van der Waals surface area contributed by atoms with Crippen LogP contribution in [0.4, 0.5) is 4.39 Å². The zero-order valence-electron chi connectivity index (χ0n) is 11.8. The minimum atomic E-state index is -3.91. The highest BCUT2D eigenvalue weighted by Gasteiger charge is 2.19. The van der Waals surface area contributed by atoms with Crippen molar-refractivity contribution in [2.45, 2.75) is 18.0 Å². The normalized spacial score (nSPS) is 11.8. The molecule has 0 amide bonds. The molecule has 2 N–H and O–H groups in total. The molecular formula is C13H17FN4O2S. The van der Waals surface area contributed by atoms with Crippen LogP contribution in [0.1, 0.15) is 11.1 Å². The number of hydrogen-bond donors (Lipinski definition) is 2. The Morgan fingerprint density at radius 3 is 2.67 bits per heavy atom. The molecule has 0 aliphatic rings. The molecule has 0 radical (unpaired) electrons. The molecule has 114 valence electrons. The van der Waals surface area contributed by atoms with Crippen LogP contribution in [-0.4, -0.2) is 25.2 Å². The molecule has 0 saturated carbocycles. The molecule has 1 aromatic heterocycles. The number of aromatic nitrogens is 2. The first-order chi connectivity index (χ1) is 9.92. The van der Waals surface area contributed by atoms with E-state index in [4.69, 9.17) is 0 Å². The summed E-state index contributed by atoms with van der Waals surface area (Å²) < 4.78 is 42.1. The Morgan fingerprint density at radius 2 is 2.05 bits per heavy atom. The molecule has 21 heavy (non-hydrogen) atoms. The fraction of sp³-hybridized carbons (Fsp3) is 0.308. The first kappa shape index (κ1) is 15.6. The van der Waals surface area contributed by atoms with Crippen molar-refractivity contribution < 1.29 is 12.8 Å². The standard InChI is InChI=1S/C13H17FN4O2S/c1-15-6-10-3-4-12(14)13(5-10)21(19,20)17-8-11-7-16-18(2)9-11/h3-5,7,9,15,17H,6,8H2,1-2H3. The van der Waals surface area contributed by atoms with Gasteiger partial charge in [0.15, 0.2) is 0 Å². The van der Waals surface area contributed by atoms with E-state index < -0.39 is 15.8 Å². The second kappa shape index (κ2) is 6.33. The SMILES string of the molecule is CNCc1ccc(F)c(S(=O)(=O)NCc2cnn(C)c2)c1. The monoisotopic (exact) mass is 312 g/mol. The Bertz CT molecular complexity index is 728. The molecule has 1 heterocycles. The van der Waals surface area contributed by atoms with Crippen LogP contribution < -0.4 is 10.0 Å². The van der Waals surface area contributed by atoms with Crippen molar-refractivity contribution >= 4 is 10.0 Å². The maximum absolute atomic E-state index is 13.8. The highest BCUT2D eigenvalue weighted by Crippen LogP contribution is 2.16. The van der Waals surface area contributed by atoms with Gasteiger partial charge in [0.05, 0.1) is 6.20 Å². The van der Waals surface area contributed by atoms with Crippen molar-refractivity contribution in [3.05, 3.63) is 47.5 Å². The Morgan fingerprint density at radius 1 is 1.29 bits per heavy atom. The Hall–Kier alpha value is -1.77. The van der Waals surface area contributed by atoms with Gasteiger partial charge < -0.3 is 5.32 Å². The lowest BCUT2D eigenvalue weighted by Gasteiger charge is -2.09. The lowest BCUT2D eigenvalue weighted by Crippen LogP contribution is -2.24. The summed E-state index contributed by atoms with van der Waals surface area (Å²) in [7, 11) is -0.441. The molecule has 0 atom stereocenters. The van der Waals surface area contributed by atoms with Gasteiger partial charge in [0, 0.05) is 31.9 Å². The molecule has 0 saturated heterocycles. The zero-order valence-corrected chi connectivity index (χ0v) is 12.6. The number of nitrogens with zero attached hydrogens (tertiary/aromatic N) is 2. The molecule has 1 aromatic carbocycles. The third-order valence-electron chi connectivity index (χ3n) is 2.89. The van der Waals surface area contributed by atoms with Gasteiger partial charge in [-0.3, -0.25) is 4.68 Å². The van der Waals surface area contributed by atoms with Crippen LogP contribution in [0, 0.1) is 5.82 Å². The summed E-state index contributed by atoms with van der Waals surface area (Å²) >= 11 is 0. The topological polar surface area (TPSA) is 76.0 Å².